The Kier molecular flexibility index (Phi) is 10.6. The summed E-state index contributed by atoms with van der Waals surface area (Å²) in [5, 5.41) is 6.35. The van der Waals surface area contributed by atoms with Gasteiger partial charge in [-0.3, -0.25) is 14.4 Å². The van der Waals surface area contributed by atoms with E-state index < -0.39 is 17.6 Å². The number of benzene rings is 4. The van der Waals surface area contributed by atoms with Gasteiger partial charge in [0, 0.05) is 19.4 Å². The third kappa shape index (κ3) is 7.77. The Balaban J connectivity index is 1.50. The summed E-state index contributed by atoms with van der Waals surface area (Å²) in [6, 6.07) is 38.3. The maximum Gasteiger partial charge on any atom is 0.323 e. The minimum Gasteiger partial charge on any atom is -0.468 e. The van der Waals surface area contributed by atoms with E-state index >= 15 is 0 Å². The van der Waals surface area contributed by atoms with Crippen LogP contribution < -0.4 is 10.6 Å². The molecule has 0 aliphatic carbocycles. The molecule has 0 saturated heterocycles. The number of hydrogen-bond donors (Lipinski definition) is 2. The second-order valence-electron chi connectivity index (χ2n) is 9.90. The van der Waals surface area contributed by atoms with Crippen molar-refractivity contribution >= 4 is 17.7 Å². The van der Waals surface area contributed by atoms with E-state index in [4.69, 9.17) is 4.74 Å². The molecule has 0 saturated carbocycles. The summed E-state index contributed by atoms with van der Waals surface area (Å²) in [5.74, 6) is -0.799. The number of ketones is 1. The van der Waals surface area contributed by atoms with Gasteiger partial charge in [-0.25, -0.2) is 0 Å². The van der Waals surface area contributed by atoms with E-state index in [0.29, 0.717) is 12.8 Å². The van der Waals surface area contributed by atoms with Crippen LogP contribution in [0.4, 0.5) is 0 Å². The first-order valence-electron chi connectivity index (χ1n) is 13.9. The minimum absolute atomic E-state index is 0.0886. The van der Waals surface area contributed by atoms with Crippen molar-refractivity contribution in [3.05, 3.63) is 144 Å². The number of amides is 1. The number of Topliss-reactive ketones (excluding diaryl/α,β-unsaturated/α-hetero) is 1. The zero-order valence-electron chi connectivity index (χ0n) is 23.3. The minimum atomic E-state index is -0.991. The van der Waals surface area contributed by atoms with Crippen LogP contribution in [0.2, 0.25) is 0 Å². The Morgan fingerprint density at radius 3 is 1.61 bits per heavy atom. The zero-order valence-corrected chi connectivity index (χ0v) is 23.3. The smallest absolute Gasteiger partial charge is 0.323 e. The fourth-order valence-corrected chi connectivity index (χ4v) is 5.05. The van der Waals surface area contributed by atoms with Gasteiger partial charge in [0.1, 0.15) is 17.4 Å². The summed E-state index contributed by atoms with van der Waals surface area (Å²) >= 11 is 0. The number of aryl methyl sites for hydroxylation is 1. The molecule has 6 heteroatoms. The molecule has 210 valence electrons. The number of carbonyl (C=O) groups is 3. The molecule has 2 N–H and O–H groups in total. The van der Waals surface area contributed by atoms with Crippen LogP contribution in [0.5, 0.6) is 0 Å². The van der Waals surface area contributed by atoms with Crippen LogP contribution in [0.25, 0.3) is 0 Å². The lowest BCUT2D eigenvalue weighted by Crippen LogP contribution is -2.50. The summed E-state index contributed by atoms with van der Waals surface area (Å²) in [6.07, 6.45) is 1.19. The second kappa shape index (κ2) is 14.7. The van der Waals surface area contributed by atoms with Crippen LogP contribution in [0.3, 0.4) is 0 Å². The molecule has 0 aliphatic rings. The lowest BCUT2D eigenvalue weighted by molar-refractivity contribution is -0.145. The zero-order chi connectivity index (χ0) is 28.9. The number of rotatable bonds is 14. The van der Waals surface area contributed by atoms with Gasteiger partial charge in [-0.15, -0.1) is 0 Å². The molecule has 0 bridgehead atoms. The van der Waals surface area contributed by atoms with Crippen molar-refractivity contribution in [1.29, 1.82) is 0 Å². The van der Waals surface area contributed by atoms with Crippen molar-refractivity contribution in [2.24, 2.45) is 0 Å². The Hall–Kier alpha value is -4.55. The molecular weight excluding hydrogens is 512 g/mol. The molecule has 1 amide bonds. The van der Waals surface area contributed by atoms with E-state index in [2.05, 4.69) is 10.6 Å². The molecule has 0 heterocycles. The summed E-state index contributed by atoms with van der Waals surface area (Å²) in [5.41, 5.74) is 2.78. The van der Waals surface area contributed by atoms with Crippen LogP contribution in [0.15, 0.2) is 121 Å². The number of nitrogens with one attached hydrogen (secondary N) is 2. The standard InChI is InChI=1S/C35H36N2O4/c1-41-34(40)32(36-25-24-31(38)23-22-27-14-6-2-7-15-27)26-33(39)37-35(28-16-8-3-9-17-28,29-18-10-4-11-19-29)30-20-12-5-13-21-30/h2-21,32,36H,22-26H2,1H3,(H,37,39)/t32-/m1/s1. The van der Waals surface area contributed by atoms with Gasteiger partial charge < -0.3 is 15.4 Å². The largest absolute Gasteiger partial charge is 0.468 e. The monoisotopic (exact) mass is 548 g/mol. The van der Waals surface area contributed by atoms with E-state index in [1.165, 1.54) is 7.11 Å². The summed E-state index contributed by atoms with van der Waals surface area (Å²) in [4.78, 5) is 38.9. The highest BCUT2D eigenvalue weighted by Gasteiger charge is 2.38. The van der Waals surface area contributed by atoms with Crippen LogP contribution in [-0.4, -0.2) is 37.4 Å². The lowest BCUT2D eigenvalue weighted by Gasteiger charge is -2.37. The van der Waals surface area contributed by atoms with Gasteiger partial charge in [-0.05, 0) is 28.7 Å². The van der Waals surface area contributed by atoms with Gasteiger partial charge in [0.2, 0.25) is 5.91 Å². The molecule has 41 heavy (non-hydrogen) atoms. The van der Waals surface area contributed by atoms with Gasteiger partial charge in [0.25, 0.3) is 0 Å². The van der Waals surface area contributed by atoms with Gasteiger partial charge in [-0.1, -0.05) is 121 Å². The Morgan fingerprint density at radius 2 is 1.15 bits per heavy atom. The van der Waals surface area contributed by atoms with Crippen LogP contribution >= 0.6 is 0 Å². The second-order valence-corrected chi connectivity index (χ2v) is 9.90. The number of methoxy groups -OCH3 is 1. The van der Waals surface area contributed by atoms with Crippen molar-refractivity contribution in [2.75, 3.05) is 13.7 Å². The van der Waals surface area contributed by atoms with Crippen LogP contribution in [-0.2, 0) is 31.1 Å². The van der Waals surface area contributed by atoms with Gasteiger partial charge in [0.15, 0.2) is 0 Å². The number of carbonyl (C=O) groups excluding carboxylic acids is 3. The molecule has 6 nitrogen and oxygen atoms in total. The molecular formula is C35H36N2O4. The highest BCUT2D eigenvalue weighted by atomic mass is 16.5. The number of esters is 1. The molecule has 0 aliphatic heterocycles. The highest BCUT2D eigenvalue weighted by molar-refractivity contribution is 5.86. The van der Waals surface area contributed by atoms with E-state index in [9.17, 15) is 14.4 Å². The quantitative estimate of drug-likeness (QED) is 0.167. The van der Waals surface area contributed by atoms with Crippen LogP contribution in [0, 0.1) is 0 Å². The third-order valence-corrected chi connectivity index (χ3v) is 7.15. The maximum absolute atomic E-state index is 13.7. The fraction of sp³-hybridized carbons (Fsp3) is 0.229. The maximum atomic E-state index is 13.7. The summed E-state index contributed by atoms with van der Waals surface area (Å²) in [6.45, 7) is 0.266. The predicted octanol–water partition coefficient (Wildman–Crippen LogP) is 5.21. The van der Waals surface area contributed by atoms with E-state index in [1.807, 2.05) is 121 Å². The van der Waals surface area contributed by atoms with Crippen molar-refractivity contribution in [1.82, 2.24) is 10.6 Å². The first-order valence-corrected chi connectivity index (χ1v) is 13.9. The van der Waals surface area contributed by atoms with Gasteiger partial charge >= 0.3 is 5.97 Å². The van der Waals surface area contributed by atoms with Gasteiger partial charge in [0.05, 0.1) is 13.5 Å². The Bertz CT molecular complexity index is 1300. The average Bonchev–Trinajstić information content (AvgIpc) is 3.03. The molecule has 0 aromatic heterocycles. The van der Waals surface area contributed by atoms with Crippen molar-refractivity contribution in [2.45, 2.75) is 37.3 Å². The topological polar surface area (TPSA) is 84.5 Å². The summed E-state index contributed by atoms with van der Waals surface area (Å²) in [7, 11) is 1.29. The molecule has 0 radical (unpaired) electrons. The predicted molar refractivity (Wildman–Crippen MR) is 160 cm³/mol. The first kappa shape index (κ1) is 29.4. The molecule has 0 spiro atoms. The average molecular weight is 549 g/mol. The van der Waals surface area contributed by atoms with E-state index in [-0.39, 0.29) is 31.1 Å². The number of ether oxygens (including phenoxy) is 1. The van der Waals surface area contributed by atoms with Crippen molar-refractivity contribution in [3.63, 3.8) is 0 Å². The Labute approximate surface area is 241 Å². The first-order chi connectivity index (χ1) is 20.0. The van der Waals surface area contributed by atoms with E-state index in [1.54, 1.807) is 0 Å². The molecule has 4 rings (SSSR count). The normalized spacial score (nSPS) is 11.8. The highest BCUT2D eigenvalue weighted by Crippen LogP contribution is 2.36. The van der Waals surface area contributed by atoms with Gasteiger partial charge in [-0.2, -0.15) is 0 Å². The molecule has 4 aromatic carbocycles. The van der Waals surface area contributed by atoms with E-state index in [0.717, 1.165) is 22.3 Å². The third-order valence-electron chi connectivity index (χ3n) is 7.15. The SMILES string of the molecule is COC(=O)[C@@H](CC(=O)NC(c1ccccc1)(c1ccccc1)c1ccccc1)NCCC(=O)CCc1ccccc1. The van der Waals surface area contributed by atoms with Crippen molar-refractivity contribution in [3.8, 4) is 0 Å². The van der Waals surface area contributed by atoms with Crippen molar-refractivity contribution < 1.29 is 19.1 Å². The van der Waals surface area contributed by atoms with Crippen LogP contribution in [0.1, 0.15) is 41.5 Å². The molecule has 0 fully saturated rings. The number of hydrogen-bond acceptors (Lipinski definition) is 5. The lowest BCUT2D eigenvalue weighted by atomic mass is 9.77. The molecule has 1 atom stereocenters. The summed E-state index contributed by atoms with van der Waals surface area (Å²) < 4.78 is 4.99. The fourth-order valence-electron chi connectivity index (χ4n) is 5.05. The molecule has 4 aromatic rings. The Morgan fingerprint density at radius 1 is 0.683 bits per heavy atom. The molecule has 0 unspecified atom stereocenters.